The lowest BCUT2D eigenvalue weighted by atomic mass is 10.2. The molecular formula is C31H28BrClNP. The second-order valence-corrected chi connectivity index (χ2v) is 12.7. The lowest BCUT2D eigenvalue weighted by Gasteiger charge is -2.28. The minimum Gasteiger partial charge on any atom is -1.00 e. The Morgan fingerprint density at radius 2 is 1.06 bits per heavy atom. The lowest BCUT2D eigenvalue weighted by Crippen LogP contribution is -3.00. The molecule has 0 fully saturated rings. The summed E-state index contributed by atoms with van der Waals surface area (Å²) in [5, 5.41) is 4.90. The number of benzene rings is 4. The van der Waals surface area contributed by atoms with Gasteiger partial charge in [0.2, 0.25) is 0 Å². The molecule has 0 aliphatic carbocycles. The van der Waals surface area contributed by atoms with Gasteiger partial charge in [-0.05, 0) is 73.5 Å². The van der Waals surface area contributed by atoms with Crippen molar-refractivity contribution in [3.05, 3.63) is 143 Å². The van der Waals surface area contributed by atoms with Gasteiger partial charge in [-0.1, -0.05) is 72.3 Å². The minimum absolute atomic E-state index is 0. The van der Waals surface area contributed by atoms with Gasteiger partial charge in [-0.3, -0.25) is 0 Å². The molecule has 5 aromatic rings. The Bertz CT molecular complexity index is 1280. The lowest BCUT2D eigenvalue weighted by molar-refractivity contribution is -0.00000665. The van der Waals surface area contributed by atoms with Crippen LogP contribution in [0, 0.1) is 13.8 Å². The molecule has 176 valence electrons. The van der Waals surface area contributed by atoms with Gasteiger partial charge in [0.05, 0.1) is 5.69 Å². The first-order valence-corrected chi connectivity index (χ1v) is 13.9. The highest BCUT2D eigenvalue weighted by atomic mass is 79.9. The van der Waals surface area contributed by atoms with Gasteiger partial charge in [0, 0.05) is 23.0 Å². The van der Waals surface area contributed by atoms with Crippen LogP contribution in [0.4, 0.5) is 0 Å². The molecule has 0 spiro atoms. The van der Waals surface area contributed by atoms with Crippen molar-refractivity contribution in [2.75, 3.05) is 0 Å². The standard InChI is InChI=1S/C31H28ClNP.BrH/c1-24-21-33(22-25(24)2)31-20-27(32)19-18-26(31)23-34(28-12-6-3-7-13-28,29-14-8-4-9-15-29)30-16-10-5-11-17-30;/h3-22H,23H2,1-2H3;1H/q+1;/p-1. The Kier molecular flexibility index (Phi) is 7.97. The number of nitrogens with zero attached hydrogens (tertiary/aromatic N) is 1. The van der Waals surface area contributed by atoms with E-state index >= 15 is 0 Å². The SMILES string of the molecule is Cc1cn(-c2cc(Cl)ccc2C[P+](c2ccccc2)(c2ccccc2)c2ccccc2)cc1C.[Br-]. The zero-order chi connectivity index (χ0) is 23.5. The monoisotopic (exact) mass is 559 g/mol. The summed E-state index contributed by atoms with van der Waals surface area (Å²) in [5.41, 5.74) is 5.00. The first-order valence-electron chi connectivity index (χ1n) is 11.6. The quantitative estimate of drug-likeness (QED) is 0.274. The fraction of sp³-hybridized carbons (Fsp3) is 0.0968. The zero-order valence-corrected chi connectivity index (χ0v) is 23.1. The predicted molar refractivity (Wildman–Crippen MR) is 149 cm³/mol. The van der Waals surface area contributed by atoms with Crippen molar-refractivity contribution in [2.24, 2.45) is 0 Å². The number of aryl methyl sites for hydroxylation is 2. The third kappa shape index (κ3) is 5.02. The minimum atomic E-state index is -2.00. The summed E-state index contributed by atoms with van der Waals surface area (Å²) in [4.78, 5) is 0. The van der Waals surface area contributed by atoms with Crippen LogP contribution in [0.5, 0.6) is 0 Å². The van der Waals surface area contributed by atoms with Crippen LogP contribution < -0.4 is 32.9 Å². The van der Waals surface area contributed by atoms with Crippen LogP contribution in [0.2, 0.25) is 5.02 Å². The number of halogens is 2. The van der Waals surface area contributed by atoms with E-state index in [9.17, 15) is 0 Å². The van der Waals surface area contributed by atoms with Gasteiger partial charge < -0.3 is 21.5 Å². The number of rotatable bonds is 6. The molecule has 0 aliphatic rings. The molecule has 4 aromatic carbocycles. The van der Waals surface area contributed by atoms with Gasteiger partial charge >= 0.3 is 0 Å². The van der Waals surface area contributed by atoms with E-state index in [1.54, 1.807) is 0 Å². The zero-order valence-electron chi connectivity index (χ0n) is 19.9. The molecule has 1 aromatic heterocycles. The Balaban J connectivity index is 0.00000289. The molecule has 0 atom stereocenters. The molecule has 4 heteroatoms. The molecule has 0 radical (unpaired) electrons. The highest BCUT2D eigenvalue weighted by Gasteiger charge is 2.45. The van der Waals surface area contributed by atoms with Gasteiger partial charge in [-0.15, -0.1) is 0 Å². The summed E-state index contributed by atoms with van der Waals surface area (Å²) in [5.74, 6) is 0. The first-order chi connectivity index (χ1) is 16.6. The Hall–Kier alpha value is -2.64. The maximum Gasteiger partial charge on any atom is 0.116 e. The molecule has 0 N–H and O–H groups in total. The van der Waals surface area contributed by atoms with Gasteiger partial charge in [-0.25, -0.2) is 0 Å². The fourth-order valence-electron chi connectivity index (χ4n) is 4.73. The Labute approximate surface area is 224 Å². The van der Waals surface area contributed by atoms with Crippen LogP contribution in [-0.2, 0) is 6.16 Å². The molecule has 0 unspecified atom stereocenters. The van der Waals surface area contributed by atoms with E-state index in [-0.39, 0.29) is 17.0 Å². The van der Waals surface area contributed by atoms with Crippen molar-refractivity contribution in [1.29, 1.82) is 0 Å². The molecule has 1 heterocycles. The van der Waals surface area contributed by atoms with Crippen molar-refractivity contribution in [3.63, 3.8) is 0 Å². The average molecular weight is 561 g/mol. The normalized spacial score (nSPS) is 11.2. The summed E-state index contributed by atoms with van der Waals surface area (Å²) < 4.78 is 2.24. The third-order valence-corrected chi connectivity index (χ3v) is 11.2. The van der Waals surface area contributed by atoms with Crippen LogP contribution in [0.25, 0.3) is 5.69 Å². The number of aromatic nitrogens is 1. The van der Waals surface area contributed by atoms with Gasteiger partial charge in [0.15, 0.2) is 0 Å². The molecule has 0 amide bonds. The van der Waals surface area contributed by atoms with Crippen LogP contribution in [0.15, 0.2) is 122 Å². The Morgan fingerprint density at radius 1 is 0.629 bits per heavy atom. The van der Waals surface area contributed by atoms with Crippen LogP contribution >= 0.6 is 18.9 Å². The summed E-state index contributed by atoms with van der Waals surface area (Å²) in [6.07, 6.45) is 5.32. The van der Waals surface area contributed by atoms with E-state index in [2.05, 4.69) is 134 Å². The first kappa shape index (κ1) is 25.5. The molecule has 5 rings (SSSR count). The predicted octanol–water partition coefficient (Wildman–Crippen LogP) is 4.25. The van der Waals surface area contributed by atoms with Crippen LogP contribution in [0.1, 0.15) is 16.7 Å². The van der Waals surface area contributed by atoms with Crippen molar-refractivity contribution in [2.45, 2.75) is 20.0 Å². The van der Waals surface area contributed by atoms with E-state index < -0.39 is 7.26 Å². The van der Waals surface area contributed by atoms with E-state index in [4.69, 9.17) is 11.6 Å². The molecule has 0 bridgehead atoms. The van der Waals surface area contributed by atoms with Crippen molar-refractivity contribution < 1.29 is 17.0 Å². The second-order valence-electron chi connectivity index (χ2n) is 8.78. The van der Waals surface area contributed by atoms with Crippen LogP contribution in [0.3, 0.4) is 0 Å². The molecule has 0 saturated carbocycles. The molecular weight excluding hydrogens is 533 g/mol. The molecule has 35 heavy (non-hydrogen) atoms. The number of hydrogen-bond acceptors (Lipinski definition) is 0. The van der Waals surface area contributed by atoms with E-state index in [1.807, 2.05) is 6.07 Å². The van der Waals surface area contributed by atoms with Gasteiger partial charge in [-0.2, -0.15) is 0 Å². The van der Waals surface area contributed by atoms with Crippen molar-refractivity contribution >= 4 is 34.8 Å². The smallest absolute Gasteiger partial charge is 0.116 e. The highest BCUT2D eigenvalue weighted by Crippen LogP contribution is 2.58. The van der Waals surface area contributed by atoms with E-state index in [0.29, 0.717) is 0 Å². The van der Waals surface area contributed by atoms with E-state index in [0.717, 1.165) is 16.9 Å². The van der Waals surface area contributed by atoms with E-state index in [1.165, 1.54) is 32.6 Å². The summed E-state index contributed by atoms with van der Waals surface area (Å²) in [7, 11) is -2.00. The average Bonchev–Trinajstić information content (AvgIpc) is 3.22. The summed E-state index contributed by atoms with van der Waals surface area (Å²) >= 11 is 6.53. The van der Waals surface area contributed by atoms with Crippen LogP contribution in [-0.4, -0.2) is 4.57 Å². The second kappa shape index (κ2) is 11.0. The summed E-state index contributed by atoms with van der Waals surface area (Å²) in [6, 6.07) is 39.4. The largest absolute Gasteiger partial charge is 1.00 e. The third-order valence-electron chi connectivity index (χ3n) is 6.61. The molecule has 1 nitrogen and oxygen atoms in total. The number of hydrogen-bond donors (Lipinski definition) is 0. The van der Waals surface area contributed by atoms with Gasteiger partial charge in [0.25, 0.3) is 0 Å². The van der Waals surface area contributed by atoms with Crippen molar-refractivity contribution in [3.8, 4) is 5.69 Å². The molecule has 0 aliphatic heterocycles. The molecule has 0 saturated heterocycles. The maximum absolute atomic E-state index is 6.53. The fourth-order valence-corrected chi connectivity index (χ4v) is 9.16. The van der Waals surface area contributed by atoms with Crippen molar-refractivity contribution in [1.82, 2.24) is 4.57 Å². The Morgan fingerprint density at radius 3 is 1.49 bits per heavy atom. The topological polar surface area (TPSA) is 4.93 Å². The maximum atomic E-state index is 6.53. The summed E-state index contributed by atoms with van der Waals surface area (Å²) in [6.45, 7) is 4.32. The highest BCUT2D eigenvalue weighted by molar-refractivity contribution is 7.95. The van der Waals surface area contributed by atoms with Gasteiger partial charge in [0.1, 0.15) is 29.3 Å².